The van der Waals surface area contributed by atoms with Gasteiger partial charge < -0.3 is 5.32 Å². The van der Waals surface area contributed by atoms with E-state index in [1.807, 2.05) is 13.8 Å². The summed E-state index contributed by atoms with van der Waals surface area (Å²) in [5.74, 6) is -0.461. The van der Waals surface area contributed by atoms with E-state index in [0.717, 1.165) is 25.5 Å². The van der Waals surface area contributed by atoms with Crippen LogP contribution in [0.4, 0.5) is 14.6 Å². The maximum absolute atomic E-state index is 13.9. The van der Waals surface area contributed by atoms with Gasteiger partial charge in [0.05, 0.1) is 5.69 Å². The molecule has 0 unspecified atom stereocenters. The van der Waals surface area contributed by atoms with E-state index in [1.54, 1.807) is 6.07 Å². The number of aryl methyl sites for hydroxylation is 1. The predicted octanol–water partition coefficient (Wildman–Crippen LogP) is 4.20. The summed E-state index contributed by atoms with van der Waals surface area (Å²) in [6.07, 6.45) is 2.55. The van der Waals surface area contributed by atoms with Crippen molar-refractivity contribution in [3.63, 3.8) is 0 Å². The number of hydrogen-bond donors (Lipinski definition) is 1. The van der Waals surface area contributed by atoms with E-state index in [0.29, 0.717) is 23.8 Å². The van der Waals surface area contributed by atoms with E-state index in [9.17, 15) is 8.78 Å². The zero-order valence-electron chi connectivity index (χ0n) is 12.3. The second kappa shape index (κ2) is 7.11. The molecule has 0 spiro atoms. The lowest BCUT2D eigenvalue weighted by atomic mass is 10.1. The van der Waals surface area contributed by atoms with E-state index in [4.69, 9.17) is 0 Å². The molecule has 2 rings (SSSR count). The van der Waals surface area contributed by atoms with Crippen molar-refractivity contribution in [1.82, 2.24) is 9.97 Å². The minimum Gasteiger partial charge on any atom is -0.370 e. The fourth-order valence-corrected chi connectivity index (χ4v) is 2.02. The first kappa shape index (κ1) is 15.4. The van der Waals surface area contributed by atoms with Crippen LogP contribution in [-0.2, 0) is 6.42 Å². The van der Waals surface area contributed by atoms with Gasteiger partial charge in [-0.25, -0.2) is 18.7 Å². The van der Waals surface area contributed by atoms with E-state index in [2.05, 4.69) is 15.3 Å². The molecule has 1 aromatic heterocycles. The highest BCUT2D eigenvalue weighted by molar-refractivity contribution is 5.63. The van der Waals surface area contributed by atoms with E-state index in [1.165, 1.54) is 12.1 Å². The van der Waals surface area contributed by atoms with Gasteiger partial charge in [-0.15, -0.1) is 0 Å². The van der Waals surface area contributed by atoms with Crippen LogP contribution in [0.25, 0.3) is 11.3 Å². The molecule has 3 nitrogen and oxygen atoms in total. The minimum atomic E-state index is -0.875. The number of hydrogen-bond acceptors (Lipinski definition) is 3. The molecule has 0 saturated heterocycles. The summed E-state index contributed by atoms with van der Waals surface area (Å²) in [5, 5.41) is 3.17. The van der Waals surface area contributed by atoms with Crippen LogP contribution in [0.2, 0.25) is 0 Å². The Labute approximate surface area is 123 Å². The molecule has 1 aromatic carbocycles. The van der Waals surface area contributed by atoms with Crippen molar-refractivity contribution in [1.29, 1.82) is 0 Å². The van der Waals surface area contributed by atoms with Crippen LogP contribution in [0.5, 0.6) is 0 Å². The highest BCUT2D eigenvalue weighted by Gasteiger charge is 2.13. The molecule has 0 bridgehead atoms. The van der Waals surface area contributed by atoms with Crippen molar-refractivity contribution in [2.24, 2.45) is 0 Å². The van der Waals surface area contributed by atoms with Crippen molar-refractivity contribution < 1.29 is 8.78 Å². The Bertz CT molecular complexity index is 614. The Hall–Kier alpha value is -2.04. The zero-order chi connectivity index (χ0) is 15.2. The van der Waals surface area contributed by atoms with Gasteiger partial charge in [0.25, 0.3) is 0 Å². The van der Waals surface area contributed by atoms with Gasteiger partial charge in [-0.05, 0) is 25.0 Å². The van der Waals surface area contributed by atoms with Crippen molar-refractivity contribution in [2.45, 2.75) is 33.1 Å². The first-order valence-electron chi connectivity index (χ1n) is 7.22. The highest BCUT2D eigenvalue weighted by atomic mass is 19.2. The van der Waals surface area contributed by atoms with E-state index < -0.39 is 11.6 Å². The summed E-state index contributed by atoms with van der Waals surface area (Å²) < 4.78 is 27.3. The Morgan fingerprint density at radius 2 is 1.90 bits per heavy atom. The Kier molecular flexibility index (Phi) is 5.20. The average molecular weight is 291 g/mol. The van der Waals surface area contributed by atoms with Gasteiger partial charge in [0, 0.05) is 24.6 Å². The molecule has 5 heteroatoms. The maximum atomic E-state index is 13.9. The number of benzene rings is 1. The summed E-state index contributed by atoms with van der Waals surface area (Å²) in [4.78, 5) is 8.75. The van der Waals surface area contributed by atoms with Gasteiger partial charge in [-0.1, -0.05) is 19.9 Å². The zero-order valence-corrected chi connectivity index (χ0v) is 12.3. The number of nitrogens with zero attached hydrogens (tertiary/aromatic N) is 2. The lowest BCUT2D eigenvalue weighted by Crippen LogP contribution is -2.06. The summed E-state index contributed by atoms with van der Waals surface area (Å²) in [6, 6.07) is 5.77. The predicted molar refractivity (Wildman–Crippen MR) is 80.2 cm³/mol. The molecule has 0 aliphatic heterocycles. The smallest absolute Gasteiger partial charge is 0.168 e. The molecule has 0 saturated carbocycles. The van der Waals surface area contributed by atoms with Crippen LogP contribution in [0, 0.1) is 11.6 Å². The maximum Gasteiger partial charge on any atom is 0.168 e. The van der Waals surface area contributed by atoms with E-state index >= 15 is 0 Å². The fraction of sp³-hybridized carbons (Fsp3) is 0.375. The largest absolute Gasteiger partial charge is 0.370 e. The number of rotatable bonds is 6. The lowest BCUT2D eigenvalue weighted by molar-refractivity contribution is 0.511. The Balaban J connectivity index is 2.45. The first-order valence-corrected chi connectivity index (χ1v) is 7.22. The van der Waals surface area contributed by atoms with E-state index in [-0.39, 0.29) is 5.56 Å². The molecule has 0 atom stereocenters. The monoisotopic (exact) mass is 291 g/mol. The standard InChI is InChI=1S/C16H19F2N3/c1-3-6-14-20-13(10-15(21-14)19-9-4-2)11-7-5-8-12(17)16(11)18/h5,7-8,10H,3-4,6,9H2,1-2H3,(H,19,20,21). The normalized spacial score (nSPS) is 10.7. The van der Waals surface area contributed by atoms with Gasteiger partial charge in [-0.3, -0.25) is 0 Å². The fourth-order valence-electron chi connectivity index (χ4n) is 2.02. The quantitative estimate of drug-likeness (QED) is 0.867. The summed E-state index contributed by atoms with van der Waals surface area (Å²) in [7, 11) is 0. The molecular formula is C16H19F2N3. The highest BCUT2D eigenvalue weighted by Crippen LogP contribution is 2.24. The first-order chi connectivity index (χ1) is 10.2. The molecule has 0 amide bonds. The van der Waals surface area contributed by atoms with Crippen LogP contribution in [-0.4, -0.2) is 16.5 Å². The molecule has 112 valence electrons. The number of anilines is 1. The van der Waals surface area contributed by atoms with Crippen LogP contribution in [0.15, 0.2) is 24.3 Å². The van der Waals surface area contributed by atoms with Crippen LogP contribution in [0.1, 0.15) is 32.5 Å². The van der Waals surface area contributed by atoms with Crippen LogP contribution >= 0.6 is 0 Å². The molecule has 21 heavy (non-hydrogen) atoms. The van der Waals surface area contributed by atoms with Crippen LogP contribution in [0.3, 0.4) is 0 Å². The molecule has 0 fully saturated rings. The minimum absolute atomic E-state index is 0.161. The average Bonchev–Trinajstić information content (AvgIpc) is 2.48. The Morgan fingerprint density at radius 1 is 1.10 bits per heavy atom. The van der Waals surface area contributed by atoms with Crippen molar-refractivity contribution in [2.75, 3.05) is 11.9 Å². The topological polar surface area (TPSA) is 37.8 Å². The SMILES string of the molecule is CCCNc1cc(-c2cccc(F)c2F)nc(CCC)n1. The number of nitrogens with one attached hydrogen (secondary N) is 1. The molecule has 1 heterocycles. The molecule has 2 aromatic rings. The van der Waals surface area contributed by atoms with Crippen molar-refractivity contribution in [3.8, 4) is 11.3 Å². The third kappa shape index (κ3) is 3.74. The van der Waals surface area contributed by atoms with Gasteiger partial charge in [0.1, 0.15) is 11.6 Å². The number of halogens is 2. The second-order valence-corrected chi connectivity index (χ2v) is 4.83. The lowest BCUT2D eigenvalue weighted by Gasteiger charge is -2.10. The van der Waals surface area contributed by atoms with Gasteiger partial charge in [0.15, 0.2) is 11.6 Å². The van der Waals surface area contributed by atoms with Gasteiger partial charge in [0.2, 0.25) is 0 Å². The second-order valence-electron chi connectivity index (χ2n) is 4.83. The van der Waals surface area contributed by atoms with Crippen molar-refractivity contribution >= 4 is 5.82 Å². The molecule has 0 aliphatic rings. The summed E-state index contributed by atoms with van der Waals surface area (Å²) in [6.45, 7) is 4.85. The molecule has 0 aliphatic carbocycles. The molecular weight excluding hydrogens is 272 g/mol. The summed E-state index contributed by atoms with van der Waals surface area (Å²) in [5.41, 5.74) is 0.568. The van der Waals surface area contributed by atoms with Gasteiger partial charge in [-0.2, -0.15) is 0 Å². The third-order valence-corrected chi connectivity index (χ3v) is 3.03. The van der Waals surface area contributed by atoms with Crippen molar-refractivity contribution in [3.05, 3.63) is 41.7 Å². The number of aromatic nitrogens is 2. The molecule has 0 radical (unpaired) electrons. The van der Waals surface area contributed by atoms with Crippen LogP contribution < -0.4 is 5.32 Å². The Morgan fingerprint density at radius 3 is 2.62 bits per heavy atom. The van der Waals surface area contributed by atoms with Gasteiger partial charge >= 0.3 is 0 Å². The molecule has 1 N–H and O–H groups in total. The summed E-state index contributed by atoms with van der Waals surface area (Å²) >= 11 is 0. The third-order valence-electron chi connectivity index (χ3n) is 3.03.